The SMILES string of the molecule is [C]1=CCN2CCOCC2C1. The largest absolute Gasteiger partial charge is 0.378 e. The van der Waals surface area contributed by atoms with E-state index in [1.807, 2.05) is 0 Å². The van der Waals surface area contributed by atoms with Gasteiger partial charge in [0.1, 0.15) is 0 Å². The third-order valence-electron chi connectivity index (χ3n) is 2.17. The first-order valence-corrected chi connectivity index (χ1v) is 3.83. The Morgan fingerprint density at radius 1 is 1.60 bits per heavy atom. The van der Waals surface area contributed by atoms with Gasteiger partial charge in [0.05, 0.1) is 13.2 Å². The molecule has 1 radical (unpaired) electrons. The van der Waals surface area contributed by atoms with E-state index >= 15 is 0 Å². The summed E-state index contributed by atoms with van der Waals surface area (Å²) in [7, 11) is 0. The van der Waals surface area contributed by atoms with Gasteiger partial charge in [-0.3, -0.25) is 4.90 Å². The highest BCUT2D eigenvalue weighted by molar-refractivity contribution is 4.92. The molecule has 2 heteroatoms. The average Bonchev–Trinajstić information content (AvgIpc) is 2.05. The maximum Gasteiger partial charge on any atom is 0.0625 e. The number of hydrogen-bond donors (Lipinski definition) is 0. The zero-order chi connectivity index (χ0) is 6.81. The van der Waals surface area contributed by atoms with Crippen molar-refractivity contribution in [3.8, 4) is 0 Å². The van der Waals surface area contributed by atoms with Gasteiger partial charge in [-0.15, -0.1) is 0 Å². The molecule has 10 heavy (non-hydrogen) atoms. The molecular weight excluding hydrogens is 126 g/mol. The summed E-state index contributed by atoms with van der Waals surface area (Å²) in [6.07, 6.45) is 6.42. The van der Waals surface area contributed by atoms with Crippen molar-refractivity contribution in [2.24, 2.45) is 0 Å². The quantitative estimate of drug-likeness (QED) is 0.482. The Morgan fingerprint density at radius 3 is 3.50 bits per heavy atom. The number of nitrogens with zero attached hydrogens (tertiary/aromatic N) is 1. The highest BCUT2D eigenvalue weighted by Crippen LogP contribution is 2.13. The number of rotatable bonds is 0. The highest BCUT2D eigenvalue weighted by Gasteiger charge is 2.22. The molecule has 2 rings (SSSR count). The van der Waals surface area contributed by atoms with Gasteiger partial charge >= 0.3 is 0 Å². The molecule has 1 unspecified atom stereocenters. The molecule has 0 spiro atoms. The van der Waals surface area contributed by atoms with Crippen molar-refractivity contribution in [1.29, 1.82) is 0 Å². The fraction of sp³-hybridized carbons (Fsp3) is 0.750. The van der Waals surface area contributed by atoms with Crippen LogP contribution in [0, 0.1) is 6.08 Å². The van der Waals surface area contributed by atoms with Crippen molar-refractivity contribution in [3.05, 3.63) is 12.2 Å². The Bertz CT molecular complexity index is 128. The summed E-state index contributed by atoms with van der Waals surface area (Å²) in [4.78, 5) is 2.46. The summed E-state index contributed by atoms with van der Waals surface area (Å²) in [5, 5.41) is 0. The van der Waals surface area contributed by atoms with Crippen molar-refractivity contribution >= 4 is 0 Å². The zero-order valence-electron chi connectivity index (χ0n) is 6.05. The smallest absolute Gasteiger partial charge is 0.0625 e. The van der Waals surface area contributed by atoms with E-state index in [0.29, 0.717) is 6.04 Å². The molecule has 2 aliphatic rings. The third-order valence-corrected chi connectivity index (χ3v) is 2.17. The van der Waals surface area contributed by atoms with Crippen molar-refractivity contribution in [1.82, 2.24) is 4.90 Å². The lowest BCUT2D eigenvalue weighted by Gasteiger charge is -2.36. The number of ether oxygens (including phenoxy) is 1. The fourth-order valence-corrected chi connectivity index (χ4v) is 1.52. The van der Waals surface area contributed by atoms with Gasteiger partial charge in [-0.1, -0.05) is 6.08 Å². The molecule has 2 heterocycles. The predicted octanol–water partition coefficient (Wildman–Crippen LogP) is 0.450. The van der Waals surface area contributed by atoms with E-state index in [0.717, 1.165) is 32.7 Å². The summed E-state index contributed by atoms with van der Waals surface area (Å²) in [6.45, 7) is 3.99. The maximum absolute atomic E-state index is 5.34. The Morgan fingerprint density at radius 2 is 2.60 bits per heavy atom. The molecule has 1 atom stereocenters. The second-order valence-corrected chi connectivity index (χ2v) is 2.84. The van der Waals surface area contributed by atoms with Gasteiger partial charge in [0.15, 0.2) is 0 Å². The number of hydrogen-bond acceptors (Lipinski definition) is 2. The Kier molecular flexibility index (Phi) is 1.74. The van der Waals surface area contributed by atoms with Crippen LogP contribution in [0.25, 0.3) is 0 Å². The minimum absolute atomic E-state index is 0.624. The Hall–Kier alpha value is -0.340. The van der Waals surface area contributed by atoms with Gasteiger partial charge in [-0.2, -0.15) is 0 Å². The molecule has 0 aliphatic carbocycles. The van der Waals surface area contributed by atoms with Crippen LogP contribution >= 0.6 is 0 Å². The monoisotopic (exact) mass is 138 g/mol. The highest BCUT2D eigenvalue weighted by atomic mass is 16.5. The minimum atomic E-state index is 0.624. The fourth-order valence-electron chi connectivity index (χ4n) is 1.52. The van der Waals surface area contributed by atoms with Crippen LogP contribution in [0.3, 0.4) is 0 Å². The lowest BCUT2D eigenvalue weighted by atomic mass is 10.1. The van der Waals surface area contributed by atoms with Gasteiger partial charge in [0, 0.05) is 19.1 Å². The van der Waals surface area contributed by atoms with Gasteiger partial charge in [0.2, 0.25) is 0 Å². The first-order chi connectivity index (χ1) is 4.97. The molecular formula is C8H12NO. The van der Waals surface area contributed by atoms with Crippen LogP contribution in [0.5, 0.6) is 0 Å². The van der Waals surface area contributed by atoms with Crippen molar-refractivity contribution < 1.29 is 4.74 Å². The molecule has 0 amide bonds. The molecule has 0 saturated carbocycles. The van der Waals surface area contributed by atoms with Crippen LogP contribution in [0.1, 0.15) is 6.42 Å². The van der Waals surface area contributed by atoms with Crippen LogP contribution < -0.4 is 0 Å². The molecule has 1 fully saturated rings. The number of fused-ring (bicyclic) bond motifs is 1. The van der Waals surface area contributed by atoms with E-state index in [1.54, 1.807) is 0 Å². The first kappa shape index (κ1) is 6.38. The third kappa shape index (κ3) is 1.09. The van der Waals surface area contributed by atoms with Gasteiger partial charge in [-0.25, -0.2) is 0 Å². The average molecular weight is 138 g/mol. The summed E-state index contributed by atoms with van der Waals surface area (Å²) >= 11 is 0. The molecule has 0 aromatic heterocycles. The van der Waals surface area contributed by atoms with E-state index in [1.165, 1.54) is 0 Å². The first-order valence-electron chi connectivity index (χ1n) is 3.83. The normalized spacial score (nSPS) is 33.8. The predicted molar refractivity (Wildman–Crippen MR) is 38.6 cm³/mol. The molecule has 0 N–H and O–H groups in total. The second-order valence-electron chi connectivity index (χ2n) is 2.84. The summed E-state index contributed by atoms with van der Waals surface area (Å²) in [5.74, 6) is 0. The van der Waals surface area contributed by atoms with E-state index in [-0.39, 0.29) is 0 Å². The van der Waals surface area contributed by atoms with Crippen LogP contribution in [0.2, 0.25) is 0 Å². The van der Waals surface area contributed by atoms with Crippen LogP contribution in [-0.2, 0) is 4.74 Å². The summed E-state index contributed by atoms with van der Waals surface area (Å²) in [6, 6.07) is 0.624. The van der Waals surface area contributed by atoms with E-state index in [4.69, 9.17) is 4.74 Å². The molecule has 2 aliphatic heterocycles. The molecule has 55 valence electrons. The Labute approximate surface area is 61.5 Å². The van der Waals surface area contributed by atoms with Crippen molar-refractivity contribution in [3.63, 3.8) is 0 Å². The van der Waals surface area contributed by atoms with Gasteiger partial charge in [-0.05, 0) is 12.5 Å². The Balaban J connectivity index is 2.01. The standard InChI is InChI=1S/C8H12NO/c1-2-4-9-5-6-10-7-8(9)3-1/h2,8H,3-7H2. The zero-order valence-corrected chi connectivity index (χ0v) is 6.05. The molecule has 0 aromatic rings. The molecule has 0 bridgehead atoms. The minimum Gasteiger partial charge on any atom is -0.378 e. The van der Waals surface area contributed by atoms with Crippen LogP contribution in [-0.4, -0.2) is 37.2 Å². The van der Waals surface area contributed by atoms with Crippen molar-refractivity contribution in [2.45, 2.75) is 12.5 Å². The summed E-state index contributed by atoms with van der Waals surface area (Å²) < 4.78 is 5.34. The van der Waals surface area contributed by atoms with E-state index < -0.39 is 0 Å². The van der Waals surface area contributed by atoms with E-state index in [9.17, 15) is 0 Å². The molecule has 1 saturated heterocycles. The topological polar surface area (TPSA) is 12.5 Å². The lowest BCUT2D eigenvalue weighted by molar-refractivity contribution is -0.00436. The van der Waals surface area contributed by atoms with Gasteiger partial charge in [0.25, 0.3) is 0 Å². The van der Waals surface area contributed by atoms with Gasteiger partial charge < -0.3 is 4.74 Å². The molecule has 2 nitrogen and oxygen atoms in total. The summed E-state index contributed by atoms with van der Waals surface area (Å²) in [5.41, 5.74) is 0. The lowest BCUT2D eigenvalue weighted by Crippen LogP contribution is -2.46. The van der Waals surface area contributed by atoms with Crippen LogP contribution in [0.4, 0.5) is 0 Å². The van der Waals surface area contributed by atoms with E-state index in [2.05, 4.69) is 17.1 Å². The number of morpholine rings is 1. The molecule has 0 aromatic carbocycles. The van der Waals surface area contributed by atoms with Crippen LogP contribution in [0.15, 0.2) is 6.08 Å². The maximum atomic E-state index is 5.34. The second kappa shape index (κ2) is 2.72. The van der Waals surface area contributed by atoms with Crippen molar-refractivity contribution in [2.75, 3.05) is 26.3 Å².